The fourth-order valence-electron chi connectivity index (χ4n) is 1.91. The summed E-state index contributed by atoms with van der Waals surface area (Å²) in [6, 6.07) is 5.68. The molecule has 0 saturated carbocycles. The minimum Gasteiger partial charge on any atom is -0.465 e. The average Bonchev–Trinajstić information content (AvgIpc) is 2.89. The molecule has 0 aliphatic carbocycles. The number of carbonyl (C=O) groups excluding carboxylic acids is 1. The summed E-state index contributed by atoms with van der Waals surface area (Å²) in [7, 11) is -4.70. The van der Waals surface area contributed by atoms with E-state index in [0.29, 0.717) is 0 Å². The zero-order chi connectivity index (χ0) is 17.3. The summed E-state index contributed by atoms with van der Waals surface area (Å²) in [6.07, 6.45) is 0. The van der Waals surface area contributed by atoms with Crippen LogP contribution in [0.4, 0.5) is 0 Å². The van der Waals surface area contributed by atoms with Crippen molar-refractivity contribution in [1.82, 2.24) is 0 Å². The highest BCUT2D eigenvalue weighted by Gasteiger charge is 2.47. The van der Waals surface area contributed by atoms with Crippen molar-refractivity contribution < 1.29 is 35.7 Å². The Balaban J connectivity index is 2.46. The Labute approximate surface area is 133 Å². The van der Waals surface area contributed by atoms with E-state index in [2.05, 4.69) is 9.13 Å². The Morgan fingerprint density at radius 2 is 1.74 bits per heavy atom. The number of rotatable bonds is 5. The van der Waals surface area contributed by atoms with Gasteiger partial charge in [0, 0.05) is 19.8 Å². The summed E-state index contributed by atoms with van der Waals surface area (Å²) < 4.78 is 58.0. The number of methoxy groups -OCH3 is 1. The van der Waals surface area contributed by atoms with Gasteiger partial charge >= 0.3 is 23.9 Å². The molecule has 1 aliphatic heterocycles. The summed E-state index contributed by atoms with van der Waals surface area (Å²) in [6.45, 7) is 0. The normalized spacial score (nSPS) is 20.1. The third kappa shape index (κ3) is 3.51. The van der Waals surface area contributed by atoms with Crippen LogP contribution in [0, 0.1) is 0 Å². The number of esters is 1. The molecule has 1 aromatic rings. The van der Waals surface area contributed by atoms with Gasteiger partial charge in [0.05, 0.1) is 12.7 Å². The van der Waals surface area contributed by atoms with Gasteiger partial charge in [0.15, 0.2) is 0 Å². The second kappa shape index (κ2) is 6.50. The Hall–Kier alpha value is -1.58. The first kappa shape index (κ1) is 17.8. The third-order valence-corrected chi connectivity index (χ3v) is 6.00. The molecule has 1 aliphatic rings. The standard InChI is InChI=1S/C12H14NO8PS/c1-18-11(14)9-6-4-8(5-7-9)10-12(21-23(16,17)13-10)22(15,19-2)20-3/h4-7,12H,1-3H3. The van der Waals surface area contributed by atoms with Gasteiger partial charge in [-0.1, -0.05) is 12.1 Å². The molecule has 0 radical (unpaired) electrons. The lowest BCUT2D eigenvalue weighted by molar-refractivity contribution is 0.0600. The number of hydrogen-bond acceptors (Lipinski definition) is 8. The first-order valence-electron chi connectivity index (χ1n) is 6.19. The van der Waals surface area contributed by atoms with Crippen molar-refractivity contribution in [2.45, 2.75) is 5.85 Å². The van der Waals surface area contributed by atoms with Crippen LogP contribution in [0.5, 0.6) is 0 Å². The molecular weight excluding hydrogens is 349 g/mol. The highest BCUT2D eigenvalue weighted by atomic mass is 32.2. The van der Waals surface area contributed by atoms with E-state index in [1.165, 1.54) is 31.4 Å². The lowest BCUT2D eigenvalue weighted by Crippen LogP contribution is -2.22. The summed E-state index contributed by atoms with van der Waals surface area (Å²) in [5.74, 6) is -2.07. The van der Waals surface area contributed by atoms with E-state index in [9.17, 15) is 17.8 Å². The highest BCUT2D eigenvalue weighted by Crippen LogP contribution is 2.55. The molecule has 0 N–H and O–H groups in total. The van der Waals surface area contributed by atoms with E-state index in [4.69, 9.17) is 13.2 Å². The summed E-state index contributed by atoms with van der Waals surface area (Å²) in [5.41, 5.74) is 0.420. The van der Waals surface area contributed by atoms with Crippen LogP contribution in [-0.2, 0) is 32.8 Å². The minimum atomic E-state index is -4.26. The van der Waals surface area contributed by atoms with Crippen molar-refractivity contribution in [2.75, 3.05) is 21.3 Å². The van der Waals surface area contributed by atoms with Crippen molar-refractivity contribution >= 4 is 29.6 Å². The Morgan fingerprint density at radius 1 is 1.17 bits per heavy atom. The molecule has 1 aromatic carbocycles. The van der Waals surface area contributed by atoms with Crippen molar-refractivity contribution in [3.05, 3.63) is 35.4 Å². The molecule has 0 amide bonds. The first-order valence-corrected chi connectivity index (χ1v) is 9.17. The van der Waals surface area contributed by atoms with Crippen molar-refractivity contribution in [3.8, 4) is 0 Å². The number of carbonyl (C=O) groups is 1. The lowest BCUT2D eigenvalue weighted by atomic mass is 10.1. The predicted octanol–water partition coefficient (Wildman–Crippen LogP) is 1.35. The van der Waals surface area contributed by atoms with Crippen LogP contribution >= 0.6 is 7.60 Å². The van der Waals surface area contributed by atoms with Gasteiger partial charge in [0.2, 0.25) is 5.85 Å². The zero-order valence-electron chi connectivity index (χ0n) is 12.5. The van der Waals surface area contributed by atoms with Crippen molar-refractivity contribution in [2.24, 2.45) is 4.40 Å². The molecule has 0 fully saturated rings. The van der Waals surface area contributed by atoms with Gasteiger partial charge in [0.1, 0.15) is 5.71 Å². The number of ether oxygens (including phenoxy) is 1. The molecule has 2 rings (SSSR count). The van der Waals surface area contributed by atoms with Gasteiger partial charge in [-0.15, -0.1) is 4.40 Å². The molecule has 0 aromatic heterocycles. The topological polar surface area (TPSA) is 118 Å². The van der Waals surface area contributed by atoms with E-state index >= 15 is 0 Å². The Morgan fingerprint density at radius 3 is 2.22 bits per heavy atom. The maximum atomic E-state index is 12.5. The SMILES string of the molecule is COC(=O)c1ccc(C2=NS(=O)(=O)OC2P(=O)(OC)OC)cc1. The van der Waals surface area contributed by atoms with Crippen molar-refractivity contribution in [3.63, 3.8) is 0 Å². The van der Waals surface area contributed by atoms with Gasteiger partial charge in [-0.3, -0.25) is 4.57 Å². The van der Waals surface area contributed by atoms with Crippen LogP contribution in [0.3, 0.4) is 0 Å². The second-order valence-electron chi connectivity index (χ2n) is 4.33. The van der Waals surface area contributed by atoms with Gasteiger partial charge in [-0.05, 0) is 12.1 Å². The third-order valence-electron chi connectivity index (χ3n) is 3.05. The largest absolute Gasteiger partial charge is 0.465 e. The zero-order valence-corrected chi connectivity index (χ0v) is 14.2. The molecular formula is C12H14NO8PS. The van der Waals surface area contributed by atoms with Gasteiger partial charge in [-0.2, -0.15) is 8.42 Å². The molecule has 1 heterocycles. The molecule has 1 unspecified atom stereocenters. The molecule has 9 nitrogen and oxygen atoms in total. The molecule has 0 saturated heterocycles. The van der Waals surface area contributed by atoms with E-state index in [0.717, 1.165) is 14.2 Å². The monoisotopic (exact) mass is 363 g/mol. The number of hydrogen-bond donors (Lipinski definition) is 0. The van der Waals surface area contributed by atoms with Crippen LogP contribution in [-0.4, -0.2) is 47.3 Å². The fourth-order valence-corrected chi connectivity index (χ4v) is 4.58. The predicted molar refractivity (Wildman–Crippen MR) is 79.7 cm³/mol. The smallest absolute Gasteiger partial charge is 0.382 e. The second-order valence-corrected chi connectivity index (χ2v) is 7.84. The highest BCUT2D eigenvalue weighted by molar-refractivity contribution is 7.86. The van der Waals surface area contributed by atoms with Crippen molar-refractivity contribution in [1.29, 1.82) is 0 Å². The maximum Gasteiger partial charge on any atom is 0.382 e. The van der Waals surface area contributed by atoms with Crippen LogP contribution in [0.1, 0.15) is 15.9 Å². The molecule has 11 heteroatoms. The van der Waals surface area contributed by atoms with Crippen LogP contribution in [0.2, 0.25) is 0 Å². The molecule has 0 spiro atoms. The minimum absolute atomic E-state index is 0.131. The number of benzene rings is 1. The van der Waals surface area contributed by atoms with Gasteiger partial charge in [-0.25, -0.2) is 8.98 Å². The molecule has 23 heavy (non-hydrogen) atoms. The van der Waals surface area contributed by atoms with Crippen LogP contribution in [0.25, 0.3) is 0 Å². The Kier molecular flexibility index (Phi) is 5.02. The summed E-state index contributed by atoms with van der Waals surface area (Å²) in [5, 5.41) is 0. The maximum absolute atomic E-state index is 12.5. The van der Waals surface area contributed by atoms with Gasteiger partial charge in [0.25, 0.3) is 0 Å². The summed E-state index contributed by atoms with van der Waals surface area (Å²) >= 11 is 0. The molecule has 126 valence electrons. The van der Waals surface area contributed by atoms with Gasteiger partial charge < -0.3 is 13.8 Å². The molecule has 1 atom stereocenters. The van der Waals surface area contributed by atoms with E-state index in [1.54, 1.807) is 0 Å². The average molecular weight is 363 g/mol. The lowest BCUT2D eigenvalue weighted by Gasteiger charge is -2.19. The fraction of sp³-hybridized carbons (Fsp3) is 0.333. The van der Waals surface area contributed by atoms with E-state index in [-0.39, 0.29) is 16.8 Å². The Bertz CT molecular complexity index is 778. The number of nitrogens with zero attached hydrogens (tertiary/aromatic N) is 1. The van der Waals surface area contributed by atoms with E-state index < -0.39 is 29.7 Å². The molecule has 0 bridgehead atoms. The van der Waals surface area contributed by atoms with Crippen LogP contribution < -0.4 is 0 Å². The first-order chi connectivity index (χ1) is 10.8. The van der Waals surface area contributed by atoms with Crippen LogP contribution in [0.15, 0.2) is 28.7 Å². The quantitative estimate of drug-likeness (QED) is 0.568. The summed E-state index contributed by atoms with van der Waals surface area (Å²) in [4.78, 5) is 11.4. The van der Waals surface area contributed by atoms with E-state index in [1.807, 2.05) is 0 Å².